The minimum atomic E-state index is -3.62. The van der Waals surface area contributed by atoms with E-state index in [4.69, 9.17) is 5.11 Å². The van der Waals surface area contributed by atoms with Crippen molar-refractivity contribution in [1.29, 1.82) is 0 Å². The van der Waals surface area contributed by atoms with Gasteiger partial charge in [0.25, 0.3) is 0 Å². The van der Waals surface area contributed by atoms with Crippen LogP contribution < -0.4 is 4.72 Å². The van der Waals surface area contributed by atoms with Gasteiger partial charge >= 0.3 is 0 Å². The van der Waals surface area contributed by atoms with Crippen LogP contribution in [0.4, 0.5) is 0 Å². The zero-order valence-corrected chi connectivity index (χ0v) is 13.6. The third-order valence-corrected chi connectivity index (χ3v) is 4.68. The SMILES string of the molecule is CCCC(C)(C)NS(=O)(=O)c1ccccc1C#CCCO. The molecule has 0 radical (unpaired) electrons. The molecule has 4 nitrogen and oxygen atoms in total. The number of hydrogen-bond donors (Lipinski definition) is 2. The van der Waals surface area contributed by atoms with Crippen molar-refractivity contribution in [2.24, 2.45) is 0 Å². The molecule has 116 valence electrons. The van der Waals surface area contributed by atoms with E-state index in [1.807, 2.05) is 20.8 Å². The summed E-state index contributed by atoms with van der Waals surface area (Å²) in [5.41, 5.74) is -0.0510. The Morgan fingerprint density at radius 1 is 1.29 bits per heavy atom. The summed E-state index contributed by atoms with van der Waals surface area (Å²) >= 11 is 0. The van der Waals surface area contributed by atoms with Crippen LogP contribution in [-0.2, 0) is 10.0 Å². The number of benzene rings is 1. The van der Waals surface area contributed by atoms with Crippen molar-refractivity contribution in [2.45, 2.75) is 50.5 Å². The third-order valence-electron chi connectivity index (χ3n) is 2.92. The fraction of sp³-hybridized carbons (Fsp3) is 0.500. The van der Waals surface area contributed by atoms with E-state index in [0.29, 0.717) is 12.0 Å². The second-order valence-corrected chi connectivity index (χ2v) is 7.16. The van der Waals surface area contributed by atoms with E-state index in [1.165, 1.54) is 0 Å². The fourth-order valence-electron chi connectivity index (χ4n) is 2.11. The van der Waals surface area contributed by atoms with Gasteiger partial charge in [-0.05, 0) is 32.4 Å². The molecule has 2 N–H and O–H groups in total. The van der Waals surface area contributed by atoms with Gasteiger partial charge in [-0.2, -0.15) is 0 Å². The molecule has 1 aromatic rings. The molecule has 0 saturated heterocycles. The van der Waals surface area contributed by atoms with Crippen molar-refractivity contribution in [3.05, 3.63) is 29.8 Å². The number of nitrogens with one attached hydrogen (secondary N) is 1. The van der Waals surface area contributed by atoms with E-state index in [0.717, 1.165) is 12.8 Å². The van der Waals surface area contributed by atoms with E-state index in [9.17, 15) is 8.42 Å². The molecule has 0 saturated carbocycles. The van der Waals surface area contributed by atoms with Gasteiger partial charge in [0.05, 0.1) is 11.5 Å². The second kappa shape index (κ2) is 7.60. The lowest BCUT2D eigenvalue weighted by Gasteiger charge is -2.25. The Balaban J connectivity index is 3.12. The highest BCUT2D eigenvalue weighted by Gasteiger charge is 2.26. The van der Waals surface area contributed by atoms with Gasteiger partial charge < -0.3 is 5.11 Å². The van der Waals surface area contributed by atoms with E-state index >= 15 is 0 Å². The Kier molecular flexibility index (Phi) is 6.41. The number of hydrogen-bond acceptors (Lipinski definition) is 3. The highest BCUT2D eigenvalue weighted by atomic mass is 32.2. The van der Waals surface area contributed by atoms with Crippen LogP contribution in [0, 0.1) is 11.8 Å². The molecule has 0 aliphatic rings. The molecule has 0 atom stereocenters. The Labute approximate surface area is 127 Å². The lowest BCUT2D eigenvalue weighted by atomic mass is 10.0. The van der Waals surface area contributed by atoms with Crippen molar-refractivity contribution in [3.8, 4) is 11.8 Å². The van der Waals surface area contributed by atoms with Crippen LogP contribution >= 0.6 is 0 Å². The summed E-state index contributed by atoms with van der Waals surface area (Å²) in [6.45, 7) is 5.72. The van der Waals surface area contributed by atoms with Gasteiger partial charge in [-0.25, -0.2) is 13.1 Å². The maximum atomic E-state index is 12.5. The van der Waals surface area contributed by atoms with E-state index in [-0.39, 0.29) is 11.5 Å². The molecule has 1 aromatic carbocycles. The van der Waals surface area contributed by atoms with Crippen molar-refractivity contribution in [1.82, 2.24) is 4.72 Å². The second-order valence-electron chi connectivity index (χ2n) is 5.51. The van der Waals surface area contributed by atoms with Crippen LogP contribution in [0.15, 0.2) is 29.2 Å². The lowest BCUT2D eigenvalue weighted by molar-refractivity contribution is 0.305. The summed E-state index contributed by atoms with van der Waals surface area (Å²) in [4.78, 5) is 0.180. The van der Waals surface area contributed by atoms with Gasteiger partial charge in [-0.3, -0.25) is 0 Å². The molecule has 0 unspecified atom stereocenters. The summed E-state index contributed by atoms with van der Waals surface area (Å²) in [5, 5.41) is 8.75. The van der Waals surface area contributed by atoms with Gasteiger partial charge in [0.1, 0.15) is 0 Å². The molecule has 0 aliphatic carbocycles. The van der Waals surface area contributed by atoms with Gasteiger partial charge in [0.2, 0.25) is 10.0 Å². The Hall–Kier alpha value is -1.35. The van der Waals surface area contributed by atoms with Crippen LogP contribution in [0.1, 0.15) is 45.6 Å². The predicted molar refractivity (Wildman–Crippen MR) is 84.3 cm³/mol. The zero-order chi connectivity index (χ0) is 15.9. The maximum Gasteiger partial charge on any atom is 0.242 e. The first kappa shape index (κ1) is 17.7. The number of rotatable bonds is 6. The Morgan fingerprint density at radius 2 is 1.95 bits per heavy atom. The smallest absolute Gasteiger partial charge is 0.242 e. The lowest BCUT2D eigenvalue weighted by Crippen LogP contribution is -2.43. The quantitative estimate of drug-likeness (QED) is 0.792. The fourth-order valence-corrected chi connectivity index (χ4v) is 3.72. The van der Waals surface area contributed by atoms with Crippen LogP contribution in [0.25, 0.3) is 0 Å². The number of aliphatic hydroxyl groups excluding tert-OH is 1. The normalized spacial score (nSPS) is 11.8. The van der Waals surface area contributed by atoms with Crippen molar-refractivity contribution >= 4 is 10.0 Å². The zero-order valence-electron chi connectivity index (χ0n) is 12.8. The Morgan fingerprint density at radius 3 is 2.57 bits per heavy atom. The van der Waals surface area contributed by atoms with Crippen LogP contribution in [0.2, 0.25) is 0 Å². The molecule has 0 fully saturated rings. The summed E-state index contributed by atoms with van der Waals surface area (Å²) in [7, 11) is -3.62. The van der Waals surface area contributed by atoms with Gasteiger partial charge in [-0.1, -0.05) is 37.3 Å². The van der Waals surface area contributed by atoms with E-state index < -0.39 is 15.6 Å². The number of aliphatic hydroxyl groups is 1. The first-order valence-corrected chi connectivity index (χ1v) is 8.53. The average Bonchev–Trinajstić information content (AvgIpc) is 2.38. The van der Waals surface area contributed by atoms with Crippen LogP contribution in [0.3, 0.4) is 0 Å². The predicted octanol–water partition coefficient (Wildman–Crippen LogP) is 2.28. The molecular formula is C16H23NO3S. The van der Waals surface area contributed by atoms with Crippen molar-refractivity contribution < 1.29 is 13.5 Å². The molecule has 21 heavy (non-hydrogen) atoms. The topological polar surface area (TPSA) is 66.4 Å². The molecule has 0 bridgehead atoms. The third kappa shape index (κ3) is 5.50. The molecular weight excluding hydrogens is 286 g/mol. The van der Waals surface area contributed by atoms with Crippen LogP contribution in [-0.4, -0.2) is 25.7 Å². The average molecular weight is 309 g/mol. The van der Waals surface area contributed by atoms with Gasteiger partial charge in [-0.15, -0.1) is 0 Å². The minimum absolute atomic E-state index is 0.0380. The molecule has 0 aromatic heterocycles. The Bertz CT molecular complexity index is 624. The largest absolute Gasteiger partial charge is 0.395 e. The summed E-state index contributed by atoms with van der Waals surface area (Å²) in [5.74, 6) is 5.57. The van der Waals surface area contributed by atoms with Gasteiger partial charge in [0.15, 0.2) is 0 Å². The first-order chi connectivity index (χ1) is 9.82. The summed E-state index contributed by atoms with van der Waals surface area (Å²) < 4.78 is 27.8. The maximum absolute atomic E-state index is 12.5. The minimum Gasteiger partial charge on any atom is -0.395 e. The van der Waals surface area contributed by atoms with Crippen molar-refractivity contribution in [3.63, 3.8) is 0 Å². The highest BCUT2D eigenvalue weighted by molar-refractivity contribution is 7.89. The van der Waals surface area contributed by atoms with Crippen LogP contribution in [0.5, 0.6) is 0 Å². The van der Waals surface area contributed by atoms with Crippen molar-refractivity contribution in [2.75, 3.05) is 6.61 Å². The molecule has 0 spiro atoms. The summed E-state index contributed by atoms with van der Waals surface area (Å²) in [6.07, 6.45) is 1.97. The summed E-state index contributed by atoms with van der Waals surface area (Å²) in [6, 6.07) is 6.65. The molecule has 5 heteroatoms. The van der Waals surface area contributed by atoms with E-state index in [2.05, 4.69) is 16.6 Å². The van der Waals surface area contributed by atoms with E-state index in [1.54, 1.807) is 24.3 Å². The molecule has 0 aliphatic heterocycles. The molecule has 0 amide bonds. The number of sulfonamides is 1. The highest BCUT2D eigenvalue weighted by Crippen LogP contribution is 2.19. The molecule has 1 rings (SSSR count). The molecule has 0 heterocycles. The first-order valence-electron chi connectivity index (χ1n) is 7.05. The van der Waals surface area contributed by atoms with Gasteiger partial charge in [0, 0.05) is 17.5 Å². The monoisotopic (exact) mass is 309 g/mol. The standard InChI is InChI=1S/C16H23NO3S/c1-4-12-16(2,3)17-21(19,20)15-11-6-5-9-14(15)10-7-8-13-18/h5-6,9,11,17-18H,4,8,12-13H2,1-3H3.